The molecule has 0 spiro atoms. The predicted octanol–water partition coefficient (Wildman–Crippen LogP) is -3.77. The Morgan fingerprint density at radius 1 is 0.973 bits per heavy atom. The summed E-state index contributed by atoms with van der Waals surface area (Å²) in [6.45, 7) is -0.727. The molecular formula is C21H30N2O14. The minimum atomic E-state index is -1.76. The second-order valence-corrected chi connectivity index (χ2v) is 8.61. The van der Waals surface area contributed by atoms with Crippen molar-refractivity contribution in [2.24, 2.45) is 0 Å². The minimum Gasteiger partial charge on any atom is -0.462 e. The smallest absolute Gasteiger partial charge is 0.270 e. The van der Waals surface area contributed by atoms with Gasteiger partial charge >= 0.3 is 0 Å². The van der Waals surface area contributed by atoms with Gasteiger partial charge in [0, 0.05) is 24.6 Å². The van der Waals surface area contributed by atoms with E-state index in [-0.39, 0.29) is 17.0 Å². The minimum absolute atomic E-state index is 0.0116. The van der Waals surface area contributed by atoms with Crippen molar-refractivity contribution < 1.29 is 64.4 Å². The van der Waals surface area contributed by atoms with Gasteiger partial charge in [0.25, 0.3) is 5.69 Å². The third-order valence-corrected chi connectivity index (χ3v) is 6.00. The van der Waals surface area contributed by atoms with E-state index in [1.807, 2.05) is 0 Å². The molecule has 16 nitrogen and oxygen atoms in total. The van der Waals surface area contributed by atoms with Crippen molar-refractivity contribution in [2.75, 3.05) is 13.2 Å². The van der Waals surface area contributed by atoms with Gasteiger partial charge in [-0.15, -0.1) is 0 Å². The van der Waals surface area contributed by atoms with Gasteiger partial charge in [-0.25, -0.2) is 0 Å². The fourth-order valence-corrected chi connectivity index (χ4v) is 3.98. The maximum Gasteiger partial charge on any atom is 0.270 e. The normalized spacial score (nSPS) is 36.1. The molecule has 10 atom stereocenters. The van der Waals surface area contributed by atoms with Gasteiger partial charge in [0.2, 0.25) is 12.2 Å². The van der Waals surface area contributed by atoms with Crippen molar-refractivity contribution in [3.63, 3.8) is 0 Å². The van der Waals surface area contributed by atoms with E-state index in [9.17, 15) is 50.7 Å². The van der Waals surface area contributed by atoms with E-state index >= 15 is 0 Å². The molecule has 2 aliphatic heterocycles. The predicted molar refractivity (Wildman–Crippen MR) is 118 cm³/mol. The van der Waals surface area contributed by atoms with Crippen LogP contribution in [0.5, 0.6) is 5.75 Å². The molecule has 1 amide bonds. The number of benzene rings is 1. The monoisotopic (exact) mass is 534 g/mol. The number of nitrogens with one attached hydrogen (secondary N) is 1. The van der Waals surface area contributed by atoms with E-state index < -0.39 is 92.0 Å². The molecule has 37 heavy (non-hydrogen) atoms. The quantitative estimate of drug-likeness (QED) is 0.112. The number of aliphatic hydroxyl groups excluding tert-OH is 7. The van der Waals surface area contributed by atoms with Crippen LogP contribution in [0.2, 0.25) is 0 Å². The van der Waals surface area contributed by atoms with E-state index in [0.717, 1.165) is 19.1 Å². The molecule has 0 aliphatic carbocycles. The van der Waals surface area contributed by atoms with Crippen LogP contribution in [0, 0.1) is 10.1 Å². The van der Waals surface area contributed by atoms with Crippen molar-refractivity contribution in [3.8, 4) is 5.75 Å². The number of carbonyl (C=O) groups excluding carboxylic acids is 1. The van der Waals surface area contributed by atoms with Gasteiger partial charge in [-0.3, -0.25) is 14.9 Å². The number of amides is 1. The molecule has 1 aromatic carbocycles. The van der Waals surface area contributed by atoms with E-state index in [4.69, 9.17) is 18.9 Å². The summed E-state index contributed by atoms with van der Waals surface area (Å²) in [7, 11) is 0. The van der Waals surface area contributed by atoms with E-state index in [2.05, 4.69) is 5.32 Å². The highest BCUT2D eigenvalue weighted by Crippen LogP contribution is 2.31. The van der Waals surface area contributed by atoms with Gasteiger partial charge in [-0.2, -0.15) is 0 Å². The summed E-state index contributed by atoms with van der Waals surface area (Å²) >= 11 is 0. The Balaban J connectivity index is 1.85. The fourth-order valence-electron chi connectivity index (χ4n) is 3.98. The average molecular weight is 534 g/mol. The topological polar surface area (TPSA) is 251 Å². The Kier molecular flexibility index (Phi) is 9.70. The highest BCUT2D eigenvalue weighted by atomic mass is 16.7. The SMILES string of the molecule is CC(=O)N[C@H]1[C@H](OCc2cc([N+](=O)[O-])ccc2O[C@@H]2O[C@H](CO)[C@H](O)[C@H](O)[C@H]2O)O[C@H](CO)[C@@H](O)[C@@H]1O. The average Bonchev–Trinajstić information content (AvgIpc) is 2.86. The van der Waals surface area contributed by atoms with Crippen LogP contribution in [0.3, 0.4) is 0 Å². The summed E-state index contributed by atoms with van der Waals surface area (Å²) in [6, 6.07) is 2.05. The first-order chi connectivity index (χ1) is 17.5. The highest BCUT2D eigenvalue weighted by molar-refractivity contribution is 5.73. The number of ether oxygens (including phenoxy) is 4. The van der Waals surface area contributed by atoms with Crippen LogP contribution in [0.15, 0.2) is 18.2 Å². The number of hydrogen-bond acceptors (Lipinski definition) is 14. The van der Waals surface area contributed by atoms with Crippen molar-refractivity contribution in [3.05, 3.63) is 33.9 Å². The molecule has 1 aromatic rings. The Hall–Kier alpha value is -2.51. The number of nitro groups is 1. The molecule has 0 bridgehead atoms. The van der Waals surface area contributed by atoms with Crippen LogP contribution >= 0.6 is 0 Å². The van der Waals surface area contributed by atoms with Crippen LogP contribution in [0.4, 0.5) is 5.69 Å². The first-order valence-corrected chi connectivity index (χ1v) is 11.2. The highest BCUT2D eigenvalue weighted by Gasteiger charge is 2.46. The van der Waals surface area contributed by atoms with Gasteiger partial charge in [0.1, 0.15) is 54.5 Å². The lowest BCUT2D eigenvalue weighted by Crippen LogP contribution is -2.64. The Morgan fingerprint density at radius 2 is 1.57 bits per heavy atom. The molecule has 3 rings (SSSR count). The molecule has 16 heteroatoms. The maximum absolute atomic E-state index is 11.6. The largest absolute Gasteiger partial charge is 0.462 e. The van der Waals surface area contributed by atoms with Crippen LogP contribution in [0.1, 0.15) is 12.5 Å². The third-order valence-electron chi connectivity index (χ3n) is 6.00. The third kappa shape index (κ3) is 6.50. The molecule has 2 fully saturated rings. The molecule has 0 radical (unpaired) electrons. The maximum atomic E-state index is 11.6. The fraction of sp³-hybridized carbons (Fsp3) is 0.667. The molecule has 8 N–H and O–H groups in total. The molecule has 0 unspecified atom stereocenters. The van der Waals surface area contributed by atoms with Crippen molar-refractivity contribution in [1.82, 2.24) is 5.32 Å². The van der Waals surface area contributed by atoms with Crippen LogP contribution in [0.25, 0.3) is 0 Å². The zero-order valence-electron chi connectivity index (χ0n) is 19.6. The number of nitrogens with zero attached hydrogens (tertiary/aromatic N) is 1. The lowest BCUT2D eigenvalue weighted by molar-refractivity contribution is -0.385. The van der Waals surface area contributed by atoms with Crippen LogP contribution in [-0.4, -0.2) is 121 Å². The van der Waals surface area contributed by atoms with E-state index in [1.165, 1.54) is 6.07 Å². The number of aliphatic hydroxyl groups is 7. The number of non-ortho nitro benzene ring substituents is 1. The lowest BCUT2D eigenvalue weighted by atomic mass is 9.97. The molecule has 208 valence electrons. The van der Waals surface area contributed by atoms with Gasteiger partial charge < -0.3 is 60.0 Å². The molecule has 0 saturated carbocycles. The molecule has 2 aliphatic rings. The second kappa shape index (κ2) is 12.4. The summed E-state index contributed by atoms with van der Waals surface area (Å²) in [6.07, 6.45) is -13.8. The summed E-state index contributed by atoms with van der Waals surface area (Å²) in [5, 5.41) is 83.3. The Labute approximate surface area is 209 Å². The Bertz CT molecular complexity index is 948. The number of carbonyl (C=O) groups is 1. The molecule has 0 aromatic heterocycles. The standard InChI is InChI=1S/C21H30N2O14/c1-8(26)22-14-17(29)15(27)12(5-24)36-20(14)34-7-9-4-10(23(32)33)2-3-11(9)35-21-19(31)18(30)16(28)13(6-25)37-21/h2-4,12-21,24-25,27-31H,5-7H2,1H3,(H,22,26)/t12-,13-,14-,15-,16+,17-,18+,19-,20-,21-/m1/s1. The van der Waals surface area contributed by atoms with E-state index in [0.29, 0.717) is 0 Å². The first-order valence-electron chi connectivity index (χ1n) is 11.2. The summed E-state index contributed by atoms with van der Waals surface area (Å²) in [4.78, 5) is 22.2. The second-order valence-electron chi connectivity index (χ2n) is 8.61. The van der Waals surface area contributed by atoms with Gasteiger partial charge in [-0.1, -0.05) is 0 Å². The lowest BCUT2D eigenvalue weighted by Gasteiger charge is -2.42. The van der Waals surface area contributed by atoms with Gasteiger partial charge in [0.05, 0.1) is 24.7 Å². The Morgan fingerprint density at radius 3 is 2.14 bits per heavy atom. The number of rotatable bonds is 9. The van der Waals surface area contributed by atoms with Crippen molar-refractivity contribution in [1.29, 1.82) is 0 Å². The van der Waals surface area contributed by atoms with Gasteiger partial charge in [-0.05, 0) is 6.07 Å². The summed E-state index contributed by atoms with van der Waals surface area (Å²) in [5.74, 6) is -0.695. The zero-order valence-corrected chi connectivity index (χ0v) is 19.6. The number of nitro benzene ring substituents is 1. The van der Waals surface area contributed by atoms with E-state index in [1.54, 1.807) is 0 Å². The summed E-state index contributed by atoms with van der Waals surface area (Å²) in [5.41, 5.74) is -0.357. The number of hydrogen-bond donors (Lipinski definition) is 8. The van der Waals surface area contributed by atoms with Gasteiger partial charge in [0.15, 0.2) is 6.29 Å². The summed E-state index contributed by atoms with van der Waals surface area (Å²) < 4.78 is 22.0. The van der Waals surface area contributed by atoms with Crippen molar-refractivity contribution in [2.45, 2.75) is 74.9 Å². The molecule has 2 heterocycles. The first kappa shape index (κ1) is 29.1. The zero-order chi connectivity index (χ0) is 27.4. The van der Waals surface area contributed by atoms with Crippen LogP contribution in [-0.2, 0) is 25.6 Å². The van der Waals surface area contributed by atoms with Crippen molar-refractivity contribution >= 4 is 11.6 Å². The van der Waals surface area contributed by atoms with Crippen LogP contribution < -0.4 is 10.1 Å². The molecule has 2 saturated heterocycles. The molecular weight excluding hydrogens is 504 g/mol.